The van der Waals surface area contributed by atoms with Gasteiger partial charge in [-0.2, -0.15) is 11.8 Å². The molecule has 0 spiro atoms. The van der Waals surface area contributed by atoms with Crippen molar-refractivity contribution in [2.24, 2.45) is 0 Å². The van der Waals surface area contributed by atoms with Gasteiger partial charge in [-0.05, 0) is 25.5 Å². The molecule has 0 aromatic rings. The van der Waals surface area contributed by atoms with Gasteiger partial charge in [0.15, 0.2) is 0 Å². The molecule has 102 valence electrons. The summed E-state index contributed by atoms with van der Waals surface area (Å²) < 4.78 is 5.34. The lowest BCUT2D eigenvalue weighted by Gasteiger charge is -2.29. The fourth-order valence-corrected chi connectivity index (χ4v) is 2.46. The molecule has 1 N–H and O–H groups in total. The summed E-state index contributed by atoms with van der Waals surface area (Å²) in [6.45, 7) is 8.21. The van der Waals surface area contributed by atoms with Crippen LogP contribution < -0.4 is 5.32 Å². The Hall–Kier alpha value is -0.220. The minimum absolute atomic E-state index is 0.138. The van der Waals surface area contributed by atoms with E-state index in [0.29, 0.717) is 13.2 Å². The molecule has 0 aliphatic carbocycles. The molecule has 0 amide bonds. The molecule has 0 aliphatic heterocycles. The average molecular weight is 261 g/mol. The zero-order valence-electron chi connectivity index (χ0n) is 11.7. The lowest BCUT2D eigenvalue weighted by Crippen LogP contribution is -2.39. The van der Waals surface area contributed by atoms with E-state index < -0.39 is 0 Å². The number of thioether (sulfide) groups is 1. The lowest BCUT2D eigenvalue weighted by atomic mass is 10.0. The summed E-state index contributed by atoms with van der Waals surface area (Å²) in [6.07, 6.45) is 6.37. The Morgan fingerprint density at radius 3 is 2.41 bits per heavy atom. The highest BCUT2D eigenvalue weighted by atomic mass is 32.2. The van der Waals surface area contributed by atoms with Crippen LogP contribution >= 0.6 is 11.8 Å². The molecule has 0 aromatic heterocycles. The third-order valence-electron chi connectivity index (χ3n) is 3.20. The fourth-order valence-electron chi connectivity index (χ4n) is 1.63. The minimum atomic E-state index is -0.138. The molecule has 0 rings (SSSR count). The van der Waals surface area contributed by atoms with Crippen LogP contribution in [0.4, 0.5) is 0 Å². The van der Waals surface area contributed by atoms with Crippen molar-refractivity contribution in [1.82, 2.24) is 5.32 Å². The van der Waals surface area contributed by atoms with E-state index >= 15 is 0 Å². The Bertz CT molecular complexity index is 197. The second kappa shape index (κ2) is 9.77. The van der Waals surface area contributed by atoms with Gasteiger partial charge in [0, 0.05) is 11.3 Å². The van der Waals surface area contributed by atoms with Crippen LogP contribution in [-0.2, 0) is 9.53 Å². The quantitative estimate of drug-likeness (QED) is 0.485. The molecule has 4 heteroatoms. The number of nitrogens with one attached hydrogen (secondary N) is 1. The Kier molecular flexibility index (Phi) is 9.65. The zero-order chi connectivity index (χ0) is 13.1. The largest absolute Gasteiger partial charge is 0.465 e. The van der Waals surface area contributed by atoms with E-state index in [4.69, 9.17) is 4.74 Å². The maximum absolute atomic E-state index is 11.4. The highest BCUT2D eigenvalue weighted by molar-refractivity contribution is 8.00. The van der Waals surface area contributed by atoms with E-state index in [2.05, 4.69) is 32.3 Å². The third-order valence-corrected chi connectivity index (χ3v) is 4.79. The summed E-state index contributed by atoms with van der Waals surface area (Å²) >= 11 is 1.88. The van der Waals surface area contributed by atoms with E-state index in [-0.39, 0.29) is 10.7 Å². The van der Waals surface area contributed by atoms with Gasteiger partial charge in [0.2, 0.25) is 0 Å². The van der Waals surface area contributed by atoms with Crippen LogP contribution in [0.1, 0.15) is 46.5 Å². The normalized spacial score (nSPS) is 11.5. The Balaban J connectivity index is 3.77. The molecule has 0 heterocycles. The smallest absolute Gasteiger partial charge is 0.319 e. The summed E-state index contributed by atoms with van der Waals surface area (Å²) in [5.74, 6) is -0.138. The van der Waals surface area contributed by atoms with Crippen molar-refractivity contribution in [2.45, 2.75) is 51.2 Å². The number of ether oxygens (including phenoxy) is 1. The van der Waals surface area contributed by atoms with Crippen LogP contribution in [0.2, 0.25) is 0 Å². The molecule has 3 nitrogen and oxygen atoms in total. The van der Waals surface area contributed by atoms with Gasteiger partial charge in [-0.1, -0.05) is 27.2 Å². The molecule has 0 radical (unpaired) electrons. The number of rotatable bonds is 10. The molecule has 0 aliphatic rings. The van der Waals surface area contributed by atoms with Crippen LogP contribution in [0.3, 0.4) is 0 Å². The van der Waals surface area contributed by atoms with Gasteiger partial charge < -0.3 is 10.1 Å². The maximum atomic E-state index is 11.4. The molecule has 0 bridgehead atoms. The Morgan fingerprint density at radius 2 is 1.94 bits per heavy atom. The van der Waals surface area contributed by atoms with Crippen LogP contribution in [-0.4, -0.2) is 36.7 Å². The summed E-state index contributed by atoms with van der Waals surface area (Å²) in [5.41, 5.74) is 0. The fraction of sp³-hybridized carbons (Fsp3) is 0.923. The topological polar surface area (TPSA) is 38.3 Å². The molecule has 17 heavy (non-hydrogen) atoms. The van der Waals surface area contributed by atoms with E-state index in [1.165, 1.54) is 0 Å². The summed E-state index contributed by atoms with van der Waals surface area (Å²) in [7, 11) is 0. The van der Waals surface area contributed by atoms with E-state index in [1.54, 1.807) is 0 Å². The standard InChI is InChI=1S/C13H27NO2S/c1-5-8-9-16-12(15)10-14-11-13(6-2,7-3)17-4/h14H,5-11H2,1-4H3. The van der Waals surface area contributed by atoms with Gasteiger partial charge in [0.25, 0.3) is 0 Å². The van der Waals surface area contributed by atoms with Crippen molar-refractivity contribution in [3.8, 4) is 0 Å². The Labute approximate surface area is 110 Å². The van der Waals surface area contributed by atoms with Gasteiger partial charge in [0.05, 0.1) is 13.2 Å². The third kappa shape index (κ3) is 6.94. The van der Waals surface area contributed by atoms with Crippen LogP contribution in [0.5, 0.6) is 0 Å². The van der Waals surface area contributed by atoms with Crippen molar-refractivity contribution in [3.05, 3.63) is 0 Å². The van der Waals surface area contributed by atoms with Gasteiger partial charge in [0.1, 0.15) is 0 Å². The second-order valence-electron chi connectivity index (χ2n) is 4.27. The molecular formula is C13H27NO2S. The molecule has 0 saturated carbocycles. The molecule has 0 atom stereocenters. The van der Waals surface area contributed by atoms with Crippen LogP contribution in [0, 0.1) is 0 Å². The predicted octanol–water partition coefficient (Wildman–Crippen LogP) is 2.84. The van der Waals surface area contributed by atoms with E-state index in [0.717, 1.165) is 32.2 Å². The molecular weight excluding hydrogens is 234 g/mol. The first-order valence-corrected chi connectivity index (χ1v) is 7.78. The minimum Gasteiger partial charge on any atom is -0.465 e. The number of carbonyl (C=O) groups is 1. The number of hydrogen-bond acceptors (Lipinski definition) is 4. The number of carbonyl (C=O) groups excluding carboxylic acids is 1. The van der Waals surface area contributed by atoms with Gasteiger partial charge in [-0.15, -0.1) is 0 Å². The van der Waals surface area contributed by atoms with Crippen molar-refractivity contribution in [1.29, 1.82) is 0 Å². The monoisotopic (exact) mass is 261 g/mol. The maximum Gasteiger partial charge on any atom is 0.319 e. The Morgan fingerprint density at radius 1 is 1.29 bits per heavy atom. The van der Waals surface area contributed by atoms with Crippen LogP contribution in [0.15, 0.2) is 0 Å². The van der Waals surface area contributed by atoms with Crippen molar-refractivity contribution < 1.29 is 9.53 Å². The highest BCUT2D eigenvalue weighted by Crippen LogP contribution is 2.29. The van der Waals surface area contributed by atoms with E-state index in [9.17, 15) is 4.79 Å². The van der Waals surface area contributed by atoms with Crippen molar-refractivity contribution in [3.63, 3.8) is 0 Å². The first-order chi connectivity index (χ1) is 8.14. The average Bonchev–Trinajstić information content (AvgIpc) is 2.36. The SMILES string of the molecule is CCCCOC(=O)CNCC(CC)(CC)SC. The summed E-state index contributed by atoms with van der Waals surface area (Å²) in [4.78, 5) is 11.4. The van der Waals surface area contributed by atoms with Crippen molar-refractivity contribution >= 4 is 17.7 Å². The highest BCUT2D eigenvalue weighted by Gasteiger charge is 2.24. The predicted molar refractivity (Wildman–Crippen MR) is 75.6 cm³/mol. The van der Waals surface area contributed by atoms with Gasteiger partial charge >= 0.3 is 5.97 Å². The first kappa shape index (κ1) is 16.8. The summed E-state index contributed by atoms with van der Waals surface area (Å²) in [6, 6.07) is 0. The van der Waals surface area contributed by atoms with E-state index in [1.807, 2.05) is 11.8 Å². The number of unbranched alkanes of at least 4 members (excludes halogenated alkanes) is 1. The summed E-state index contributed by atoms with van der Waals surface area (Å²) in [5, 5.41) is 3.21. The lowest BCUT2D eigenvalue weighted by molar-refractivity contribution is -0.142. The van der Waals surface area contributed by atoms with Gasteiger partial charge in [-0.25, -0.2) is 0 Å². The van der Waals surface area contributed by atoms with Crippen molar-refractivity contribution in [2.75, 3.05) is 26.0 Å². The number of hydrogen-bond donors (Lipinski definition) is 1. The number of esters is 1. The molecule has 0 saturated heterocycles. The molecule has 0 unspecified atom stereocenters. The molecule has 0 fully saturated rings. The first-order valence-electron chi connectivity index (χ1n) is 6.55. The zero-order valence-corrected chi connectivity index (χ0v) is 12.5. The van der Waals surface area contributed by atoms with Crippen LogP contribution in [0.25, 0.3) is 0 Å². The molecule has 0 aromatic carbocycles. The van der Waals surface area contributed by atoms with Gasteiger partial charge in [-0.3, -0.25) is 4.79 Å². The second-order valence-corrected chi connectivity index (χ2v) is 5.55.